The number of carbonyl (C=O) groups is 1. The SMILES string of the molecule is CC(C)(C)[Si](C)(C)O[C@@]12CC[C@@H]1[C@@H]1OC(=O)[C@@]2(Br)C=C1Br. The van der Waals surface area contributed by atoms with Gasteiger partial charge in [-0.15, -0.1) is 0 Å². The molecule has 0 N–H and O–H groups in total. The maximum absolute atomic E-state index is 12.5. The van der Waals surface area contributed by atoms with Crippen molar-refractivity contribution in [1.82, 2.24) is 0 Å². The molecule has 2 fully saturated rings. The predicted molar refractivity (Wildman–Crippen MR) is 92.3 cm³/mol. The van der Waals surface area contributed by atoms with Crippen molar-refractivity contribution >= 4 is 46.1 Å². The van der Waals surface area contributed by atoms with Crippen LogP contribution in [0.25, 0.3) is 0 Å². The second-order valence-corrected chi connectivity index (χ2v) is 14.9. The summed E-state index contributed by atoms with van der Waals surface area (Å²) < 4.78 is 12.5. The van der Waals surface area contributed by atoms with Crippen LogP contribution in [0.15, 0.2) is 10.6 Å². The van der Waals surface area contributed by atoms with E-state index in [4.69, 9.17) is 9.16 Å². The topological polar surface area (TPSA) is 35.5 Å². The summed E-state index contributed by atoms with van der Waals surface area (Å²) in [6.45, 7) is 11.2. The maximum atomic E-state index is 12.5. The van der Waals surface area contributed by atoms with Crippen LogP contribution in [0.5, 0.6) is 0 Å². The number of rotatable bonds is 2. The van der Waals surface area contributed by atoms with Crippen LogP contribution >= 0.6 is 31.9 Å². The van der Waals surface area contributed by atoms with E-state index in [9.17, 15) is 4.79 Å². The van der Waals surface area contributed by atoms with Crippen LogP contribution in [0.1, 0.15) is 33.6 Å². The fourth-order valence-corrected chi connectivity index (χ4v) is 7.14. The Bertz CT molecular complexity index is 540. The molecule has 118 valence electrons. The minimum atomic E-state index is -1.97. The van der Waals surface area contributed by atoms with Gasteiger partial charge in [-0.25, -0.2) is 0 Å². The Morgan fingerprint density at radius 3 is 2.52 bits per heavy atom. The van der Waals surface area contributed by atoms with E-state index >= 15 is 0 Å². The van der Waals surface area contributed by atoms with E-state index in [0.29, 0.717) is 0 Å². The number of fused-ring (bicyclic) bond motifs is 1. The van der Waals surface area contributed by atoms with Crippen molar-refractivity contribution in [3.8, 4) is 0 Å². The van der Waals surface area contributed by atoms with Crippen molar-refractivity contribution < 1.29 is 14.0 Å². The average molecular weight is 438 g/mol. The molecule has 4 rings (SSSR count). The second kappa shape index (κ2) is 4.45. The minimum absolute atomic E-state index is 0.118. The molecule has 0 amide bonds. The van der Waals surface area contributed by atoms with Gasteiger partial charge in [0.2, 0.25) is 0 Å². The smallest absolute Gasteiger partial charge is 0.330 e. The highest BCUT2D eigenvalue weighted by Crippen LogP contribution is 2.64. The molecule has 2 heterocycles. The molecule has 0 aromatic rings. The zero-order valence-electron chi connectivity index (χ0n) is 13.1. The Kier molecular flexibility index (Phi) is 3.44. The van der Waals surface area contributed by atoms with Gasteiger partial charge in [-0.3, -0.25) is 4.79 Å². The summed E-state index contributed by atoms with van der Waals surface area (Å²) in [7, 11) is -1.97. The first kappa shape index (κ1) is 16.2. The van der Waals surface area contributed by atoms with Gasteiger partial charge >= 0.3 is 5.97 Å². The lowest BCUT2D eigenvalue weighted by atomic mass is 9.56. The Morgan fingerprint density at radius 1 is 1.43 bits per heavy atom. The summed E-state index contributed by atoms with van der Waals surface area (Å²) in [4.78, 5) is 12.5. The number of ether oxygens (including phenoxy) is 1. The molecule has 4 aliphatic rings. The van der Waals surface area contributed by atoms with E-state index in [-0.39, 0.29) is 23.0 Å². The van der Waals surface area contributed by atoms with Crippen LogP contribution in [-0.4, -0.2) is 30.3 Å². The summed E-state index contributed by atoms with van der Waals surface area (Å²) in [5.74, 6) is 0.0495. The first-order chi connectivity index (χ1) is 9.45. The van der Waals surface area contributed by atoms with Crippen LogP contribution < -0.4 is 0 Å². The summed E-state index contributed by atoms with van der Waals surface area (Å²) in [6, 6.07) is 0. The Labute approximate surface area is 144 Å². The number of esters is 1. The van der Waals surface area contributed by atoms with Gasteiger partial charge in [0.05, 0.1) is 5.60 Å². The monoisotopic (exact) mass is 436 g/mol. The first-order valence-corrected chi connectivity index (χ1v) is 11.9. The van der Waals surface area contributed by atoms with Crippen LogP contribution in [-0.2, 0) is 14.0 Å². The third kappa shape index (κ3) is 1.94. The number of carbonyl (C=O) groups excluding carboxylic acids is 1. The minimum Gasteiger partial charge on any atom is -0.455 e. The molecular weight excluding hydrogens is 416 g/mol. The van der Waals surface area contributed by atoms with Crippen molar-refractivity contribution in [1.29, 1.82) is 0 Å². The zero-order valence-corrected chi connectivity index (χ0v) is 17.3. The molecule has 21 heavy (non-hydrogen) atoms. The van der Waals surface area contributed by atoms with Crippen molar-refractivity contribution in [3.63, 3.8) is 0 Å². The summed E-state index contributed by atoms with van der Waals surface area (Å²) in [6.07, 6.45) is 3.75. The lowest BCUT2D eigenvalue weighted by molar-refractivity contribution is -0.209. The molecule has 6 heteroatoms. The molecule has 1 saturated heterocycles. The molecule has 4 atom stereocenters. The highest BCUT2D eigenvalue weighted by atomic mass is 79.9. The standard InChI is InChI=1S/C15H22Br2O3Si/c1-13(2,3)21(4,5)20-15-7-6-9(15)11-10(16)8-14(15,17)12(18)19-11/h8-9,11H,6-7H2,1-5H3/t9-,11+,14+,15+/m1/s1. The predicted octanol–water partition coefficient (Wildman–Crippen LogP) is 4.51. The maximum Gasteiger partial charge on any atom is 0.330 e. The summed E-state index contributed by atoms with van der Waals surface area (Å²) >= 11 is 7.25. The molecule has 2 bridgehead atoms. The van der Waals surface area contributed by atoms with Crippen molar-refractivity contribution in [2.75, 3.05) is 0 Å². The van der Waals surface area contributed by atoms with Gasteiger partial charge in [0.15, 0.2) is 12.6 Å². The van der Waals surface area contributed by atoms with Crippen LogP contribution in [0.2, 0.25) is 18.1 Å². The van der Waals surface area contributed by atoms with E-state index in [0.717, 1.165) is 17.3 Å². The fraction of sp³-hybridized carbons (Fsp3) is 0.800. The van der Waals surface area contributed by atoms with Gasteiger partial charge in [-0.2, -0.15) is 0 Å². The van der Waals surface area contributed by atoms with Crippen molar-refractivity contribution in [2.45, 2.75) is 67.8 Å². The molecule has 0 unspecified atom stereocenters. The van der Waals surface area contributed by atoms with Gasteiger partial charge in [0.1, 0.15) is 6.10 Å². The molecule has 2 aliphatic heterocycles. The highest BCUT2D eigenvalue weighted by molar-refractivity contribution is 9.12. The molecule has 0 spiro atoms. The number of alkyl halides is 1. The molecular formula is C15H22Br2O3Si. The van der Waals surface area contributed by atoms with E-state index < -0.39 is 18.2 Å². The lowest BCUT2D eigenvalue weighted by Crippen LogP contribution is -2.76. The van der Waals surface area contributed by atoms with Crippen LogP contribution in [0.3, 0.4) is 0 Å². The molecule has 3 nitrogen and oxygen atoms in total. The van der Waals surface area contributed by atoms with Gasteiger partial charge in [-0.1, -0.05) is 52.6 Å². The lowest BCUT2D eigenvalue weighted by Gasteiger charge is -2.65. The first-order valence-electron chi connectivity index (χ1n) is 7.43. The van der Waals surface area contributed by atoms with Gasteiger partial charge < -0.3 is 9.16 Å². The quantitative estimate of drug-likeness (QED) is 0.362. The van der Waals surface area contributed by atoms with Gasteiger partial charge in [0.25, 0.3) is 0 Å². The van der Waals surface area contributed by atoms with Gasteiger partial charge in [-0.05, 0) is 37.0 Å². The summed E-state index contributed by atoms with van der Waals surface area (Å²) in [5, 5.41) is 0.118. The zero-order chi connectivity index (χ0) is 15.8. The molecule has 1 saturated carbocycles. The Hall–Kier alpha value is 0.347. The normalized spacial score (nSPS) is 42.0. The van der Waals surface area contributed by atoms with Crippen molar-refractivity contribution in [2.24, 2.45) is 5.92 Å². The average Bonchev–Trinajstić information content (AvgIpc) is 2.28. The molecule has 0 aromatic carbocycles. The Balaban J connectivity index is 2.04. The van der Waals surface area contributed by atoms with E-state index in [1.807, 2.05) is 6.08 Å². The number of halogens is 2. The third-order valence-corrected chi connectivity index (χ3v) is 12.2. The fourth-order valence-electron chi connectivity index (χ4n) is 3.39. The van der Waals surface area contributed by atoms with E-state index in [1.54, 1.807) is 0 Å². The molecule has 2 aliphatic carbocycles. The summed E-state index contributed by atoms with van der Waals surface area (Å²) in [5.41, 5.74) is -0.437. The number of hydrogen-bond donors (Lipinski definition) is 0. The largest absolute Gasteiger partial charge is 0.455 e. The highest BCUT2D eigenvalue weighted by Gasteiger charge is 2.74. The number of hydrogen-bond acceptors (Lipinski definition) is 3. The van der Waals surface area contributed by atoms with Gasteiger partial charge in [0, 0.05) is 10.4 Å². The Morgan fingerprint density at radius 2 is 2.05 bits per heavy atom. The van der Waals surface area contributed by atoms with E-state index in [1.165, 1.54) is 0 Å². The van der Waals surface area contributed by atoms with E-state index in [2.05, 4.69) is 65.7 Å². The third-order valence-electron chi connectivity index (χ3n) is 5.79. The second-order valence-electron chi connectivity index (χ2n) is 7.96. The van der Waals surface area contributed by atoms with Crippen LogP contribution in [0, 0.1) is 5.92 Å². The molecule has 0 radical (unpaired) electrons. The van der Waals surface area contributed by atoms with Crippen molar-refractivity contribution in [3.05, 3.63) is 10.6 Å². The van der Waals surface area contributed by atoms with Crippen LogP contribution in [0.4, 0.5) is 0 Å². The molecule has 0 aromatic heterocycles.